The van der Waals surface area contributed by atoms with Crippen molar-refractivity contribution in [1.82, 2.24) is 4.90 Å². The number of hydrogen-bond donors (Lipinski definition) is 2. The molecule has 134 valence electrons. The molecule has 0 saturated heterocycles. The minimum atomic E-state index is -4.33. The monoisotopic (exact) mass is 358 g/mol. The van der Waals surface area contributed by atoms with Gasteiger partial charge in [0.05, 0.1) is 14.2 Å². The summed E-state index contributed by atoms with van der Waals surface area (Å²) in [6.45, 7) is 0.755. The van der Waals surface area contributed by atoms with Crippen molar-refractivity contribution in [1.29, 1.82) is 0 Å². The van der Waals surface area contributed by atoms with Crippen LogP contribution in [0, 0.1) is 0 Å². The Morgan fingerprint density at radius 3 is 2.38 bits per heavy atom. The molecule has 1 aromatic rings. The second-order valence-corrected chi connectivity index (χ2v) is 7.25. The van der Waals surface area contributed by atoms with Crippen LogP contribution in [0.25, 0.3) is 0 Å². The third-order valence-corrected chi connectivity index (χ3v) is 5.36. The van der Waals surface area contributed by atoms with Crippen LogP contribution in [0.5, 0.6) is 11.5 Å². The van der Waals surface area contributed by atoms with Gasteiger partial charge in [0.2, 0.25) is 5.91 Å². The zero-order valence-electron chi connectivity index (χ0n) is 13.7. The zero-order chi connectivity index (χ0) is 17.9. The molecule has 1 amide bonds. The summed E-state index contributed by atoms with van der Waals surface area (Å²) in [6, 6.07) is 3.67. The van der Waals surface area contributed by atoms with Crippen molar-refractivity contribution in [2.45, 2.75) is 31.2 Å². The summed E-state index contributed by atoms with van der Waals surface area (Å²) in [5, 5.41) is -1.16. The van der Waals surface area contributed by atoms with E-state index in [2.05, 4.69) is 0 Å². The SMILES string of the molecule is COc1cc2c(cc1OC)CN(C(CCC(N)=O)S(=O)(=O)O)CC2. The Morgan fingerprint density at radius 1 is 1.29 bits per heavy atom. The van der Waals surface area contributed by atoms with E-state index in [0.29, 0.717) is 31.0 Å². The maximum atomic E-state index is 11.7. The molecule has 0 saturated carbocycles. The van der Waals surface area contributed by atoms with Crippen LogP contribution in [-0.4, -0.2) is 49.9 Å². The van der Waals surface area contributed by atoms with E-state index in [-0.39, 0.29) is 12.8 Å². The van der Waals surface area contributed by atoms with Crippen molar-refractivity contribution in [3.05, 3.63) is 23.3 Å². The average molecular weight is 358 g/mol. The Hall–Kier alpha value is -1.84. The van der Waals surface area contributed by atoms with Gasteiger partial charge in [0.1, 0.15) is 5.37 Å². The first-order valence-electron chi connectivity index (χ1n) is 7.48. The van der Waals surface area contributed by atoms with Crippen molar-refractivity contribution in [3.8, 4) is 11.5 Å². The largest absolute Gasteiger partial charge is 0.493 e. The van der Waals surface area contributed by atoms with Crippen LogP contribution in [0.15, 0.2) is 12.1 Å². The molecule has 0 radical (unpaired) electrons. The molecule has 0 bridgehead atoms. The van der Waals surface area contributed by atoms with Gasteiger partial charge in [-0.05, 0) is 36.1 Å². The number of nitrogens with zero attached hydrogens (tertiary/aromatic N) is 1. The number of carbonyl (C=O) groups is 1. The van der Waals surface area contributed by atoms with Gasteiger partial charge in [-0.2, -0.15) is 8.42 Å². The number of ether oxygens (including phenoxy) is 2. The maximum Gasteiger partial charge on any atom is 0.281 e. The van der Waals surface area contributed by atoms with Crippen LogP contribution in [0.4, 0.5) is 0 Å². The van der Waals surface area contributed by atoms with Crippen molar-refractivity contribution >= 4 is 16.0 Å². The fourth-order valence-corrected chi connectivity index (χ4v) is 3.91. The minimum Gasteiger partial charge on any atom is -0.493 e. The van der Waals surface area contributed by atoms with Crippen LogP contribution < -0.4 is 15.2 Å². The number of benzene rings is 1. The molecule has 1 heterocycles. The number of nitrogens with two attached hydrogens (primary N) is 1. The highest BCUT2D eigenvalue weighted by atomic mass is 32.2. The number of rotatable bonds is 7. The zero-order valence-corrected chi connectivity index (χ0v) is 14.5. The minimum absolute atomic E-state index is 0.0449. The van der Waals surface area contributed by atoms with Gasteiger partial charge in [-0.25, -0.2) is 0 Å². The molecule has 0 fully saturated rings. The van der Waals surface area contributed by atoms with E-state index in [4.69, 9.17) is 15.2 Å². The molecule has 1 unspecified atom stereocenters. The van der Waals surface area contributed by atoms with Crippen LogP contribution in [-0.2, 0) is 27.9 Å². The lowest BCUT2D eigenvalue weighted by Crippen LogP contribution is -2.44. The van der Waals surface area contributed by atoms with Gasteiger partial charge in [0.25, 0.3) is 10.1 Å². The van der Waals surface area contributed by atoms with Crippen molar-refractivity contribution in [3.63, 3.8) is 0 Å². The molecule has 1 aliphatic rings. The highest BCUT2D eigenvalue weighted by Gasteiger charge is 2.33. The molecule has 1 atom stereocenters. The summed E-state index contributed by atoms with van der Waals surface area (Å²) >= 11 is 0. The second-order valence-electron chi connectivity index (χ2n) is 5.67. The lowest BCUT2D eigenvalue weighted by molar-refractivity contribution is -0.118. The average Bonchev–Trinajstić information content (AvgIpc) is 2.51. The van der Waals surface area contributed by atoms with Gasteiger partial charge in [0, 0.05) is 19.5 Å². The lowest BCUT2D eigenvalue weighted by atomic mass is 9.98. The Labute approximate surface area is 141 Å². The van der Waals surface area contributed by atoms with Gasteiger partial charge in [-0.1, -0.05) is 0 Å². The number of amides is 1. The molecule has 2 rings (SSSR count). The number of methoxy groups -OCH3 is 2. The molecule has 3 N–H and O–H groups in total. The molecule has 0 spiro atoms. The van der Waals surface area contributed by atoms with E-state index < -0.39 is 21.4 Å². The van der Waals surface area contributed by atoms with Gasteiger partial charge in [0.15, 0.2) is 11.5 Å². The highest BCUT2D eigenvalue weighted by Crippen LogP contribution is 2.34. The fraction of sp³-hybridized carbons (Fsp3) is 0.533. The van der Waals surface area contributed by atoms with E-state index in [1.54, 1.807) is 18.1 Å². The number of carbonyl (C=O) groups excluding carboxylic acids is 1. The lowest BCUT2D eigenvalue weighted by Gasteiger charge is -2.34. The van der Waals surface area contributed by atoms with Crippen LogP contribution >= 0.6 is 0 Å². The summed E-state index contributed by atoms with van der Waals surface area (Å²) in [5.41, 5.74) is 7.03. The van der Waals surface area contributed by atoms with Crippen LogP contribution in [0.2, 0.25) is 0 Å². The first kappa shape index (κ1) is 18.5. The highest BCUT2D eigenvalue weighted by molar-refractivity contribution is 7.86. The molecule has 24 heavy (non-hydrogen) atoms. The smallest absolute Gasteiger partial charge is 0.281 e. The first-order chi connectivity index (χ1) is 11.3. The summed E-state index contributed by atoms with van der Waals surface area (Å²) < 4.78 is 43.4. The second kappa shape index (κ2) is 7.37. The maximum absolute atomic E-state index is 11.7. The van der Waals surface area contributed by atoms with Crippen LogP contribution in [0.1, 0.15) is 24.0 Å². The van der Waals surface area contributed by atoms with E-state index in [9.17, 15) is 17.8 Å². The fourth-order valence-electron chi connectivity index (χ4n) is 2.94. The first-order valence-corrected chi connectivity index (χ1v) is 8.99. The summed E-state index contributed by atoms with van der Waals surface area (Å²) in [7, 11) is -1.25. The number of hydrogen-bond acceptors (Lipinski definition) is 6. The number of primary amides is 1. The normalized spacial score (nSPS) is 16.3. The summed E-state index contributed by atoms with van der Waals surface area (Å²) in [5.74, 6) is 0.566. The van der Waals surface area contributed by atoms with Crippen molar-refractivity contribution in [2.75, 3.05) is 20.8 Å². The van der Waals surface area contributed by atoms with E-state index in [1.165, 1.54) is 7.11 Å². The predicted octanol–water partition coefficient (Wildman–Crippen LogP) is 0.541. The number of fused-ring (bicyclic) bond motifs is 1. The van der Waals surface area contributed by atoms with Crippen LogP contribution in [0.3, 0.4) is 0 Å². The van der Waals surface area contributed by atoms with Gasteiger partial charge >= 0.3 is 0 Å². The predicted molar refractivity (Wildman–Crippen MR) is 87.4 cm³/mol. The van der Waals surface area contributed by atoms with Gasteiger partial charge in [-0.15, -0.1) is 0 Å². The quantitative estimate of drug-likeness (QED) is 0.683. The third kappa shape index (κ3) is 4.16. The molecular formula is C15H22N2O6S. The Kier molecular flexibility index (Phi) is 5.68. The topological polar surface area (TPSA) is 119 Å². The molecule has 1 aliphatic heterocycles. The molecule has 8 nitrogen and oxygen atoms in total. The summed E-state index contributed by atoms with van der Waals surface area (Å²) in [6.07, 6.45) is 0.439. The van der Waals surface area contributed by atoms with E-state index >= 15 is 0 Å². The van der Waals surface area contributed by atoms with Gasteiger partial charge < -0.3 is 15.2 Å². The van der Waals surface area contributed by atoms with Crippen molar-refractivity contribution < 1.29 is 27.2 Å². The van der Waals surface area contributed by atoms with E-state index in [1.807, 2.05) is 6.07 Å². The standard InChI is InChI=1S/C15H22N2O6S/c1-22-12-7-10-5-6-17(9-11(10)8-13(12)23-2)15(24(19,20)21)4-3-14(16)18/h7-8,15H,3-6,9H2,1-2H3,(H2,16,18)(H,19,20,21). The van der Waals surface area contributed by atoms with E-state index in [0.717, 1.165) is 11.1 Å². The molecule has 0 aromatic heterocycles. The Balaban J connectivity index is 2.27. The Morgan fingerprint density at radius 2 is 1.88 bits per heavy atom. The van der Waals surface area contributed by atoms with Gasteiger partial charge in [-0.3, -0.25) is 14.2 Å². The van der Waals surface area contributed by atoms with Crippen molar-refractivity contribution in [2.24, 2.45) is 5.73 Å². The third-order valence-electron chi connectivity index (χ3n) is 4.14. The molecular weight excluding hydrogens is 336 g/mol. The molecule has 1 aromatic carbocycles. The Bertz CT molecular complexity index is 719. The molecule has 9 heteroatoms. The molecule has 0 aliphatic carbocycles. The summed E-state index contributed by atoms with van der Waals surface area (Å²) in [4.78, 5) is 12.6.